The number of nitrogens with zero attached hydrogens (tertiary/aromatic N) is 1. The van der Waals surface area contributed by atoms with E-state index in [-0.39, 0.29) is 26.0 Å². The number of piperidine rings is 1. The Morgan fingerprint density at radius 2 is 2.04 bits per heavy atom. The van der Waals surface area contributed by atoms with Crippen molar-refractivity contribution in [3.63, 3.8) is 0 Å². The van der Waals surface area contributed by atoms with Crippen molar-refractivity contribution in [1.82, 2.24) is 10.2 Å². The highest BCUT2D eigenvalue weighted by molar-refractivity contribution is 5.78. The zero-order valence-corrected chi connectivity index (χ0v) is 14.1. The van der Waals surface area contributed by atoms with Gasteiger partial charge in [0.25, 0.3) is 5.91 Å². The van der Waals surface area contributed by atoms with E-state index < -0.39 is 30.1 Å². The smallest absolute Gasteiger partial charge is 0.408 e. The van der Waals surface area contributed by atoms with Crippen LogP contribution in [0.3, 0.4) is 0 Å². The third-order valence-electron chi connectivity index (χ3n) is 4.09. The van der Waals surface area contributed by atoms with Gasteiger partial charge in [-0.1, -0.05) is 12.1 Å². The van der Waals surface area contributed by atoms with Crippen LogP contribution in [0.5, 0.6) is 5.75 Å². The number of aryl methyl sites for hydroxylation is 1. The van der Waals surface area contributed by atoms with Crippen molar-refractivity contribution in [2.24, 2.45) is 0 Å². The molecule has 2 rings (SSSR count). The first-order chi connectivity index (χ1) is 11.7. The molecule has 0 aliphatic carbocycles. The second kappa shape index (κ2) is 7.76. The summed E-state index contributed by atoms with van der Waals surface area (Å²) >= 11 is 0. The second-order valence-electron chi connectivity index (χ2n) is 6.18. The fourth-order valence-corrected chi connectivity index (χ4v) is 2.90. The van der Waals surface area contributed by atoms with Crippen LogP contribution in [0.25, 0.3) is 0 Å². The highest BCUT2D eigenvalue weighted by Gasteiger charge is 2.47. The van der Waals surface area contributed by atoms with Crippen molar-refractivity contribution in [3.05, 3.63) is 29.8 Å². The van der Waals surface area contributed by atoms with E-state index in [0.717, 1.165) is 17.4 Å². The molecule has 1 saturated heterocycles. The van der Waals surface area contributed by atoms with E-state index in [2.05, 4.69) is 5.32 Å². The van der Waals surface area contributed by atoms with Crippen LogP contribution in [0.15, 0.2) is 24.3 Å². The SMILES string of the molecule is CC(=O)N1CC(NC(=O)COc2cccc(C)c2)CCC1C(F)(F)F. The molecule has 5 nitrogen and oxygen atoms in total. The van der Waals surface area contributed by atoms with Crippen LogP contribution in [-0.2, 0) is 9.59 Å². The fraction of sp³-hybridized carbons (Fsp3) is 0.529. The first kappa shape index (κ1) is 19.1. The largest absolute Gasteiger partial charge is 0.484 e. The Morgan fingerprint density at radius 1 is 1.32 bits per heavy atom. The predicted octanol–water partition coefficient (Wildman–Crippen LogP) is 2.43. The molecule has 0 aromatic heterocycles. The molecule has 0 saturated carbocycles. The van der Waals surface area contributed by atoms with Gasteiger partial charge < -0.3 is 15.0 Å². The molecule has 2 amide bonds. The zero-order valence-electron chi connectivity index (χ0n) is 14.1. The standard InChI is InChI=1S/C17H21F3N2O3/c1-11-4-3-5-14(8-11)25-10-16(24)21-13-6-7-15(17(18,19)20)22(9-13)12(2)23/h3-5,8,13,15H,6-7,9-10H2,1-2H3,(H,21,24). The number of hydrogen-bond donors (Lipinski definition) is 1. The van der Waals surface area contributed by atoms with Crippen molar-refractivity contribution in [2.75, 3.05) is 13.2 Å². The number of rotatable bonds is 4. The van der Waals surface area contributed by atoms with Gasteiger partial charge in [0.05, 0.1) is 0 Å². The second-order valence-corrected chi connectivity index (χ2v) is 6.18. The van der Waals surface area contributed by atoms with Crippen molar-refractivity contribution in [3.8, 4) is 5.75 Å². The summed E-state index contributed by atoms with van der Waals surface area (Å²) in [7, 11) is 0. The monoisotopic (exact) mass is 358 g/mol. The van der Waals surface area contributed by atoms with Gasteiger partial charge in [-0.25, -0.2) is 0 Å². The van der Waals surface area contributed by atoms with Gasteiger partial charge in [0, 0.05) is 19.5 Å². The van der Waals surface area contributed by atoms with Crippen LogP contribution in [0.2, 0.25) is 0 Å². The van der Waals surface area contributed by atoms with Crippen LogP contribution in [0.1, 0.15) is 25.3 Å². The molecular formula is C17H21F3N2O3. The molecular weight excluding hydrogens is 337 g/mol. The Bertz CT molecular complexity index is 634. The van der Waals surface area contributed by atoms with Crippen molar-refractivity contribution >= 4 is 11.8 Å². The Hall–Kier alpha value is -2.25. The maximum atomic E-state index is 13.0. The molecule has 2 unspecified atom stereocenters. The minimum absolute atomic E-state index is 0.157. The molecule has 1 aromatic carbocycles. The van der Waals surface area contributed by atoms with E-state index in [0.29, 0.717) is 5.75 Å². The maximum absolute atomic E-state index is 13.0. The number of alkyl halides is 3. The highest BCUT2D eigenvalue weighted by Crippen LogP contribution is 2.32. The summed E-state index contributed by atoms with van der Waals surface area (Å²) in [6.45, 7) is 2.60. The Balaban J connectivity index is 1.88. The molecule has 25 heavy (non-hydrogen) atoms. The summed E-state index contributed by atoms with van der Waals surface area (Å²) in [5, 5.41) is 2.64. The van der Waals surface area contributed by atoms with Gasteiger partial charge >= 0.3 is 6.18 Å². The summed E-state index contributed by atoms with van der Waals surface area (Å²) < 4.78 is 44.3. The Kier molecular flexibility index (Phi) is 5.92. The van der Waals surface area contributed by atoms with Crippen LogP contribution in [0, 0.1) is 6.92 Å². The molecule has 0 radical (unpaired) electrons. The topological polar surface area (TPSA) is 58.6 Å². The number of carbonyl (C=O) groups is 2. The molecule has 1 aromatic rings. The molecule has 1 N–H and O–H groups in total. The molecule has 2 atom stereocenters. The number of ether oxygens (including phenoxy) is 1. The molecule has 138 valence electrons. The lowest BCUT2D eigenvalue weighted by atomic mass is 9.97. The normalized spacial score (nSPS) is 20.9. The lowest BCUT2D eigenvalue weighted by molar-refractivity contribution is -0.196. The van der Waals surface area contributed by atoms with E-state index in [4.69, 9.17) is 4.74 Å². The number of nitrogens with one attached hydrogen (secondary N) is 1. The minimum Gasteiger partial charge on any atom is -0.484 e. The summed E-state index contributed by atoms with van der Waals surface area (Å²) in [5.41, 5.74) is 0.987. The van der Waals surface area contributed by atoms with Crippen LogP contribution in [0.4, 0.5) is 13.2 Å². The van der Waals surface area contributed by atoms with Crippen molar-refractivity contribution < 1.29 is 27.5 Å². The summed E-state index contributed by atoms with van der Waals surface area (Å²) in [6.07, 6.45) is -4.54. The van der Waals surface area contributed by atoms with Crippen molar-refractivity contribution in [1.29, 1.82) is 0 Å². The third kappa shape index (κ3) is 5.37. The van der Waals surface area contributed by atoms with Gasteiger partial charge in [0.15, 0.2) is 6.61 Å². The Morgan fingerprint density at radius 3 is 2.64 bits per heavy atom. The zero-order chi connectivity index (χ0) is 18.6. The molecule has 8 heteroatoms. The summed E-state index contributed by atoms with van der Waals surface area (Å²) in [4.78, 5) is 24.3. The third-order valence-corrected chi connectivity index (χ3v) is 4.09. The molecule has 0 bridgehead atoms. The number of likely N-dealkylation sites (tertiary alicyclic amines) is 1. The quantitative estimate of drug-likeness (QED) is 0.899. The molecule has 1 fully saturated rings. The number of amides is 2. The number of benzene rings is 1. The lowest BCUT2D eigenvalue weighted by Crippen LogP contribution is -2.58. The summed E-state index contributed by atoms with van der Waals surface area (Å²) in [6, 6.07) is 4.87. The molecule has 1 aliphatic heterocycles. The van der Waals surface area contributed by atoms with Gasteiger partial charge in [-0.3, -0.25) is 9.59 Å². The van der Waals surface area contributed by atoms with E-state index in [1.807, 2.05) is 13.0 Å². The maximum Gasteiger partial charge on any atom is 0.408 e. The fourth-order valence-electron chi connectivity index (χ4n) is 2.90. The number of halogens is 3. The first-order valence-electron chi connectivity index (χ1n) is 7.99. The van der Waals surface area contributed by atoms with E-state index in [1.54, 1.807) is 18.2 Å². The van der Waals surface area contributed by atoms with Crippen LogP contribution in [-0.4, -0.2) is 48.1 Å². The lowest BCUT2D eigenvalue weighted by Gasteiger charge is -2.40. The average molecular weight is 358 g/mol. The molecule has 1 aliphatic rings. The van der Waals surface area contributed by atoms with Gasteiger partial charge in [0.1, 0.15) is 11.8 Å². The van der Waals surface area contributed by atoms with Crippen molar-refractivity contribution in [2.45, 2.75) is 44.9 Å². The number of hydrogen-bond acceptors (Lipinski definition) is 3. The average Bonchev–Trinajstić information content (AvgIpc) is 2.52. The highest BCUT2D eigenvalue weighted by atomic mass is 19.4. The van der Waals surface area contributed by atoms with Gasteiger partial charge in [-0.2, -0.15) is 13.2 Å². The van der Waals surface area contributed by atoms with E-state index >= 15 is 0 Å². The van der Waals surface area contributed by atoms with Crippen LogP contribution < -0.4 is 10.1 Å². The van der Waals surface area contributed by atoms with E-state index in [1.165, 1.54) is 0 Å². The van der Waals surface area contributed by atoms with E-state index in [9.17, 15) is 22.8 Å². The number of carbonyl (C=O) groups excluding carboxylic acids is 2. The molecule has 1 heterocycles. The predicted molar refractivity (Wildman–Crippen MR) is 85.1 cm³/mol. The van der Waals surface area contributed by atoms with Gasteiger partial charge in [-0.15, -0.1) is 0 Å². The first-order valence-corrected chi connectivity index (χ1v) is 7.99. The van der Waals surface area contributed by atoms with Gasteiger partial charge in [0.2, 0.25) is 5.91 Å². The van der Waals surface area contributed by atoms with Gasteiger partial charge in [-0.05, 0) is 37.5 Å². The summed E-state index contributed by atoms with van der Waals surface area (Å²) in [5.74, 6) is -0.543. The van der Waals surface area contributed by atoms with Crippen LogP contribution >= 0.6 is 0 Å². The minimum atomic E-state index is -4.46. The Labute approximate surface area is 144 Å². The molecule has 0 spiro atoms.